The molecule has 128 valence electrons. The Morgan fingerprint density at radius 2 is 2.17 bits per heavy atom. The van der Waals surface area contributed by atoms with Gasteiger partial charge in [0.05, 0.1) is 17.3 Å². The number of likely N-dealkylation sites (tertiary alicyclic amines) is 1. The summed E-state index contributed by atoms with van der Waals surface area (Å²) in [6, 6.07) is 1.55. The summed E-state index contributed by atoms with van der Waals surface area (Å²) in [5.41, 5.74) is 11.5. The van der Waals surface area contributed by atoms with Crippen molar-refractivity contribution in [2.24, 2.45) is 11.5 Å². The lowest BCUT2D eigenvalue weighted by atomic mass is 9.77. The first kappa shape index (κ1) is 16.2. The van der Waals surface area contributed by atoms with Crippen LogP contribution >= 0.6 is 0 Å². The van der Waals surface area contributed by atoms with E-state index in [0.29, 0.717) is 43.6 Å². The molecular formula is C16H21N5O3. The third kappa shape index (κ3) is 2.68. The molecule has 0 aliphatic carbocycles. The minimum absolute atomic E-state index is 0.109. The third-order valence-electron chi connectivity index (χ3n) is 4.93. The molecule has 2 aliphatic rings. The Bertz CT molecular complexity index is 705. The van der Waals surface area contributed by atoms with E-state index in [4.69, 9.17) is 11.5 Å². The quantitative estimate of drug-likeness (QED) is 0.660. The van der Waals surface area contributed by atoms with Crippen LogP contribution in [0, 0.1) is 0 Å². The van der Waals surface area contributed by atoms with E-state index < -0.39 is 17.2 Å². The topological polar surface area (TPSA) is 131 Å². The molecular weight excluding hydrogens is 310 g/mol. The highest BCUT2D eigenvalue weighted by Gasteiger charge is 2.44. The first-order valence-corrected chi connectivity index (χ1v) is 8.06. The molecule has 1 unspecified atom stereocenters. The van der Waals surface area contributed by atoms with Crippen molar-refractivity contribution >= 4 is 23.4 Å². The van der Waals surface area contributed by atoms with Gasteiger partial charge in [-0.1, -0.05) is 0 Å². The second kappa shape index (κ2) is 6.10. The average molecular weight is 331 g/mol. The lowest BCUT2D eigenvalue weighted by molar-refractivity contribution is -0.127. The van der Waals surface area contributed by atoms with Crippen molar-refractivity contribution in [2.75, 3.05) is 25.0 Å². The molecule has 1 fully saturated rings. The van der Waals surface area contributed by atoms with Crippen molar-refractivity contribution in [3.05, 3.63) is 23.5 Å². The van der Waals surface area contributed by atoms with Crippen molar-refractivity contribution in [3.63, 3.8) is 0 Å². The van der Waals surface area contributed by atoms with E-state index in [-0.39, 0.29) is 11.6 Å². The Labute approximate surface area is 139 Å². The molecule has 0 aromatic carbocycles. The lowest BCUT2D eigenvalue weighted by Gasteiger charge is -2.27. The average Bonchev–Trinajstić information content (AvgIpc) is 3.12. The molecule has 1 aromatic rings. The summed E-state index contributed by atoms with van der Waals surface area (Å²) in [6.45, 7) is 1.74. The minimum atomic E-state index is -0.911. The summed E-state index contributed by atoms with van der Waals surface area (Å²) < 4.78 is 0. The number of anilines is 1. The van der Waals surface area contributed by atoms with Gasteiger partial charge in [-0.15, -0.1) is 0 Å². The Balaban J connectivity index is 1.81. The summed E-state index contributed by atoms with van der Waals surface area (Å²) in [6.07, 6.45) is 4.14. The Morgan fingerprint density at radius 3 is 2.79 bits per heavy atom. The predicted octanol–water partition coefficient (Wildman–Crippen LogP) is -0.268. The van der Waals surface area contributed by atoms with Crippen LogP contribution in [0.3, 0.4) is 0 Å². The van der Waals surface area contributed by atoms with Crippen LogP contribution in [0.2, 0.25) is 0 Å². The summed E-state index contributed by atoms with van der Waals surface area (Å²) in [4.78, 5) is 41.1. The number of nitrogens with two attached hydrogens (primary N) is 2. The molecule has 3 amide bonds. The van der Waals surface area contributed by atoms with E-state index in [0.717, 1.165) is 13.0 Å². The van der Waals surface area contributed by atoms with Crippen LogP contribution in [-0.4, -0.2) is 47.2 Å². The van der Waals surface area contributed by atoms with Gasteiger partial charge < -0.3 is 21.7 Å². The third-order valence-corrected chi connectivity index (χ3v) is 4.93. The number of nitrogens with one attached hydrogen (secondary N) is 1. The van der Waals surface area contributed by atoms with Crippen molar-refractivity contribution in [1.82, 2.24) is 9.88 Å². The first-order chi connectivity index (χ1) is 11.4. The van der Waals surface area contributed by atoms with Crippen molar-refractivity contribution in [3.8, 4) is 0 Å². The molecule has 0 radical (unpaired) electrons. The molecule has 2 aliphatic heterocycles. The number of nitrogens with zero attached hydrogens (tertiary/aromatic N) is 2. The van der Waals surface area contributed by atoms with Gasteiger partial charge in [0.15, 0.2) is 0 Å². The number of carbonyl (C=O) groups is 3. The number of primary amides is 2. The Kier molecular flexibility index (Phi) is 4.13. The second-order valence-corrected chi connectivity index (χ2v) is 6.37. The van der Waals surface area contributed by atoms with Crippen LogP contribution in [0.5, 0.6) is 0 Å². The van der Waals surface area contributed by atoms with Gasteiger partial charge in [-0.3, -0.25) is 14.4 Å². The number of hydrogen-bond donors (Lipinski definition) is 3. The fourth-order valence-electron chi connectivity index (χ4n) is 3.55. The zero-order valence-electron chi connectivity index (χ0n) is 13.4. The standard InChI is InChI=1S/C16H21N5O3/c17-14(23)11-7-10-12(8-19-11)20-9-16(10,15(18)24)4-2-6-21-5-1-3-13(21)22/h7-8,20H,1-6,9H2,(H2,17,23)(H2,18,24). The summed E-state index contributed by atoms with van der Waals surface area (Å²) in [5, 5.41) is 3.13. The minimum Gasteiger partial charge on any atom is -0.382 e. The zero-order chi connectivity index (χ0) is 17.3. The fraction of sp³-hybridized carbons (Fsp3) is 0.500. The van der Waals surface area contributed by atoms with E-state index in [9.17, 15) is 14.4 Å². The van der Waals surface area contributed by atoms with Gasteiger partial charge in [0.25, 0.3) is 5.91 Å². The maximum Gasteiger partial charge on any atom is 0.267 e. The summed E-state index contributed by atoms with van der Waals surface area (Å²) in [5.74, 6) is -0.942. The van der Waals surface area contributed by atoms with E-state index in [1.807, 2.05) is 4.90 Å². The molecule has 3 heterocycles. The number of fused-ring (bicyclic) bond motifs is 1. The van der Waals surface area contributed by atoms with Crippen LogP contribution in [0.4, 0.5) is 5.69 Å². The number of carbonyl (C=O) groups excluding carboxylic acids is 3. The van der Waals surface area contributed by atoms with Crippen LogP contribution in [0.1, 0.15) is 41.7 Å². The Hall–Kier alpha value is -2.64. The molecule has 1 atom stereocenters. The van der Waals surface area contributed by atoms with Gasteiger partial charge in [0, 0.05) is 26.1 Å². The molecule has 24 heavy (non-hydrogen) atoms. The zero-order valence-corrected chi connectivity index (χ0v) is 13.4. The summed E-state index contributed by atoms with van der Waals surface area (Å²) in [7, 11) is 0. The van der Waals surface area contributed by atoms with E-state index in [2.05, 4.69) is 10.3 Å². The molecule has 1 saturated heterocycles. The number of rotatable bonds is 6. The fourth-order valence-corrected chi connectivity index (χ4v) is 3.55. The molecule has 8 heteroatoms. The monoisotopic (exact) mass is 331 g/mol. The number of hydrogen-bond acceptors (Lipinski definition) is 5. The number of pyridine rings is 1. The number of amides is 3. The molecule has 0 saturated carbocycles. The van der Waals surface area contributed by atoms with Gasteiger partial charge in [-0.2, -0.15) is 0 Å². The highest BCUT2D eigenvalue weighted by molar-refractivity contribution is 5.95. The maximum atomic E-state index is 12.2. The smallest absolute Gasteiger partial charge is 0.267 e. The normalized spacial score (nSPS) is 22.3. The maximum absolute atomic E-state index is 12.2. The molecule has 5 N–H and O–H groups in total. The van der Waals surface area contributed by atoms with E-state index >= 15 is 0 Å². The molecule has 8 nitrogen and oxygen atoms in total. The molecule has 0 bridgehead atoms. The van der Waals surface area contributed by atoms with Gasteiger partial charge >= 0.3 is 0 Å². The van der Waals surface area contributed by atoms with Crippen LogP contribution < -0.4 is 16.8 Å². The molecule has 0 spiro atoms. The highest BCUT2D eigenvalue weighted by Crippen LogP contribution is 2.40. The van der Waals surface area contributed by atoms with Crippen LogP contribution in [0.15, 0.2) is 12.3 Å². The van der Waals surface area contributed by atoms with Crippen LogP contribution in [-0.2, 0) is 15.0 Å². The van der Waals surface area contributed by atoms with Crippen molar-refractivity contribution in [1.29, 1.82) is 0 Å². The molecule has 1 aromatic heterocycles. The van der Waals surface area contributed by atoms with Gasteiger partial charge in [-0.25, -0.2) is 4.98 Å². The van der Waals surface area contributed by atoms with Crippen molar-refractivity contribution in [2.45, 2.75) is 31.1 Å². The summed E-state index contributed by atoms with van der Waals surface area (Å²) >= 11 is 0. The largest absolute Gasteiger partial charge is 0.382 e. The van der Waals surface area contributed by atoms with E-state index in [1.165, 1.54) is 6.20 Å². The van der Waals surface area contributed by atoms with Crippen molar-refractivity contribution < 1.29 is 14.4 Å². The molecule has 3 rings (SSSR count). The highest BCUT2D eigenvalue weighted by atomic mass is 16.2. The Morgan fingerprint density at radius 1 is 1.38 bits per heavy atom. The second-order valence-electron chi connectivity index (χ2n) is 6.37. The lowest BCUT2D eigenvalue weighted by Crippen LogP contribution is -2.43. The van der Waals surface area contributed by atoms with E-state index in [1.54, 1.807) is 6.07 Å². The van der Waals surface area contributed by atoms with Gasteiger partial charge in [0.2, 0.25) is 11.8 Å². The number of aromatic nitrogens is 1. The first-order valence-electron chi connectivity index (χ1n) is 8.06. The van der Waals surface area contributed by atoms with Gasteiger partial charge in [0.1, 0.15) is 5.69 Å². The SMILES string of the molecule is NC(=O)c1cc2c(cn1)NCC2(CCCN1CCCC1=O)C(N)=O. The van der Waals surface area contributed by atoms with Gasteiger partial charge in [-0.05, 0) is 30.9 Å². The predicted molar refractivity (Wildman–Crippen MR) is 87.2 cm³/mol. The van der Waals surface area contributed by atoms with Crippen LogP contribution in [0.25, 0.3) is 0 Å².